The number of rotatable bonds is 2. The highest BCUT2D eigenvalue weighted by Crippen LogP contribution is 2.28. The number of nitrogens with one attached hydrogen (secondary N) is 1. The lowest BCUT2D eigenvalue weighted by molar-refractivity contribution is 0.312. The molecule has 0 radical (unpaired) electrons. The van der Waals surface area contributed by atoms with Crippen LogP contribution in [-0.2, 0) is 6.42 Å². The number of piperazine rings is 1. The number of aromatic nitrogens is 1. The van der Waals surface area contributed by atoms with E-state index in [1.165, 1.54) is 16.7 Å². The van der Waals surface area contributed by atoms with Crippen LogP contribution in [0.3, 0.4) is 0 Å². The monoisotopic (exact) mass is 308 g/mol. The van der Waals surface area contributed by atoms with Crippen molar-refractivity contribution in [2.75, 3.05) is 44.7 Å². The van der Waals surface area contributed by atoms with Gasteiger partial charge in [-0.05, 0) is 36.2 Å². The van der Waals surface area contributed by atoms with E-state index in [9.17, 15) is 0 Å². The maximum atomic E-state index is 4.74. The Balaban J connectivity index is 1.55. The lowest BCUT2D eigenvalue weighted by atomic mass is 9.91. The van der Waals surface area contributed by atoms with Crippen LogP contribution in [0.1, 0.15) is 22.7 Å². The molecule has 1 N–H and O–H groups in total. The standard InChI is InChI=1S/C19H24N4/c1-22-10-12-23(13-11-22)18-7-6-16(14-21-18)19-17-5-3-2-4-15(17)8-9-20-19/h2-7,14,19-20H,8-13H2,1H3/t19-/m1/s1. The Morgan fingerprint density at radius 1 is 1.04 bits per heavy atom. The predicted molar refractivity (Wildman–Crippen MR) is 93.9 cm³/mol. The van der Waals surface area contributed by atoms with Crippen LogP contribution < -0.4 is 10.2 Å². The minimum Gasteiger partial charge on any atom is -0.354 e. The number of nitrogens with zero attached hydrogens (tertiary/aromatic N) is 3. The molecule has 3 heterocycles. The molecule has 4 nitrogen and oxygen atoms in total. The van der Waals surface area contributed by atoms with Gasteiger partial charge in [0.2, 0.25) is 0 Å². The molecule has 2 aliphatic rings. The van der Waals surface area contributed by atoms with Gasteiger partial charge in [0.1, 0.15) is 5.82 Å². The lowest BCUT2D eigenvalue weighted by Crippen LogP contribution is -2.44. The van der Waals surface area contributed by atoms with Gasteiger partial charge in [0.15, 0.2) is 0 Å². The topological polar surface area (TPSA) is 31.4 Å². The minimum atomic E-state index is 0.272. The van der Waals surface area contributed by atoms with E-state index in [0.29, 0.717) is 0 Å². The molecule has 0 aliphatic carbocycles. The minimum absolute atomic E-state index is 0.272. The van der Waals surface area contributed by atoms with Crippen molar-refractivity contribution in [2.45, 2.75) is 12.5 Å². The molecule has 4 heteroatoms. The Bertz CT molecular complexity index is 659. The summed E-state index contributed by atoms with van der Waals surface area (Å²) in [4.78, 5) is 9.49. The molecule has 1 saturated heterocycles. The molecule has 0 unspecified atom stereocenters. The number of hydrogen-bond acceptors (Lipinski definition) is 4. The van der Waals surface area contributed by atoms with Gasteiger partial charge in [0, 0.05) is 38.9 Å². The van der Waals surface area contributed by atoms with E-state index in [0.717, 1.165) is 45.0 Å². The van der Waals surface area contributed by atoms with E-state index in [1.807, 2.05) is 6.20 Å². The van der Waals surface area contributed by atoms with E-state index in [1.54, 1.807) is 0 Å². The fraction of sp³-hybridized carbons (Fsp3) is 0.421. The first-order chi connectivity index (χ1) is 11.3. The number of fused-ring (bicyclic) bond motifs is 1. The molecular weight excluding hydrogens is 284 g/mol. The van der Waals surface area contributed by atoms with Crippen LogP contribution in [0.15, 0.2) is 42.6 Å². The van der Waals surface area contributed by atoms with Crippen molar-refractivity contribution in [1.29, 1.82) is 0 Å². The maximum absolute atomic E-state index is 4.74. The van der Waals surface area contributed by atoms with Gasteiger partial charge in [-0.1, -0.05) is 30.3 Å². The van der Waals surface area contributed by atoms with Gasteiger partial charge in [0.25, 0.3) is 0 Å². The van der Waals surface area contributed by atoms with Gasteiger partial charge in [-0.15, -0.1) is 0 Å². The number of likely N-dealkylation sites (N-methyl/N-ethyl adjacent to an activating group) is 1. The summed E-state index contributed by atoms with van der Waals surface area (Å²) in [7, 11) is 2.18. The summed E-state index contributed by atoms with van der Waals surface area (Å²) in [6, 6.07) is 13.4. The second kappa shape index (κ2) is 6.30. The summed E-state index contributed by atoms with van der Waals surface area (Å²) < 4.78 is 0. The smallest absolute Gasteiger partial charge is 0.128 e. The van der Waals surface area contributed by atoms with Crippen LogP contribution in [-0.4, -0.2) is 49.7 Å². The summed E-state index contributed by atoms with van der Waals surface area (Å²) in [5.74, 6) is 1.10. The summed E-state index contributed by atoms with van der Waals surface area (Å²) in [6.45, 7) is 5.38. The molecule has 1 fully saturated rings. The molecule has 2 aromatic rings. The summed E-state index contributed by atoms with van der Waals surface area (Å²) in [5.41, 5.74) is 4.11. The van der Waals surface area contributed by atoms with E-state index in [-0.39, 0.29) is 6.04 Å². The van der Waals surface area contributed by atoms with Crippen molar-refractivity contribution < 1.29 is 0 Å². The average molecular weight is 308 g/mol. The van der Waals surface area contributed by atoms with Crippen LogP contribution in [0.5, 0.6) is 0 Å². The summed E-state index contributed by atoms with van der Waals surface area (Å²) in [6.07, 6.45) is 3.16. The highest BCUT2D eigenvalue weighted by molar-refractivity contribution is 5.44. The van der Waals surface area contributed by atoms with Crippen molar-refractivity contribution in [1.82, 2.24) is 15.2 Å². The zero-order chi connectivity index (χ0) is 15.6. The molecule has 120 valence electrons. The Morgan fingerprint density at radius 3 is 2.65 bits per heavy atom. The van der Waals surface area contributed by atoms with Crippen molar-refractivity contribution in [2.24, 2.45) is 0 Å². The van der Waals surface area contributed by atoms with Crippen LogP contribution in [0, 0.1) is 0 Å². The Morgan fingerprint density at radius 2 is 1.87 bits per heavy atom. The van der Waals surface area contributed by atoms with E-state index >= 15 is 0 Å². The maximum Gasteiger partial charge on any atom is 0.128 e. The molecule has 0 spiro atoms. The summed E-state index contributed by atoms with van der Waals surface area (Å²) >= 11 is 0. The Hall–Kier alpha value is -1.91. The van der Waals surface area contributed by atoms with Crippen molar-refractivity contribution in [3.63, 3.8) is 0 Å². The molecule has 2 aliphatic heterocycles. The Labute approximate surface area is 138 Å². The fourth-order valence-electron chi connectivity index (χ4n) is 3.59. The third-order valence-corrected chi connectivity index (χ3v) is 5.04. The molecule has 0 bridgehead atoms. The van der Waals surface area contributed by atoms with Gasteiger partial charge >= 0.3 is 0 Å². The van der Waals surface area contributed by atoms with Crippen molar-refractivity contribution in [3.8, 4) is 0 Å². The molecule has 1 aromatic heterocycles. The fourth-order valence-corrected chi connectivity index (χ4v) is 3.59. The Kier molecular flexibility index (Phi) is 4.02. The van der Waals surface area contributed by atoms with Gasteiger partial charge in [0.05, 0.1) is 6.04 Å². The number of benzene rings is 1. The van der Waals surface area contributed by atoms with Gasteiger partial charge in [-0.3, -0.25) is 0 Å². The van der Waals surface area contributed by atoms with E-state index < -0.39 is 0 Å². The third kappa shape index (κ3) is 2.96. The summed E-state index contributed by atoms with van der Waals surface area (Å²) in [5, 5.41) is 3.64. The van der Waals surface area contributed by atoms with Crippen LogP contribution in [0.4, 0.5) is 5.82 Å². The first-order valence-electron chi connectivity index (χ1n) is 8.52. The molecule has 0 saturated carbocycles. The SMILES string of the molecule is CN1CCN(c2ccc([C@H]3NCCc4ccccc43)cn2)CC1. The molecule has 0 amide bonds. The van der Waals surface area contributed by atoms with E-state index in [2.05, 4.69) is 58.6 Å². The number of hydrogen-bond donors (Lipinski definition) is 1. The number of anilines is 1. The molecule has 23 heavy (non-hydrogen) atoms. The second-order valence-corrected chi connectivity index (χ2v) is 6.58. The second-order valence-electron chi connectivity index (χ2n) is 6.58. The van der Waals surface area contributed by atoms with Gasteiger partial charge < -0.3 is 15.1 Å². The third-order valence-electron chi connectivity index (χ3n) is 5.04. The van der Waals surface area contributed by atoms with Gasteiger partial charge in [-0.25, -0.2) is 4.98 Å². The first kappa shape index (κ1) is 14.7. The molecular formula is C19H24N4. The van der Waals surface area contributed by atoms with Crippen LogP contribution in [0.2, 0.25) is 0 Å². The molecule has 4 rings (SSSR count). The highest BCUT2D eigenvalue weighted by atomic mass is 15.3. The van der Waals surface area contributed by atoms with E-state index in [4.69, 9.17) is 4.98 Å². The largest absolute Gasteiger partial charge is 0.354 e. The first-order valence-corrected chi connectivity index (χ1v) is 8.52. The molecule has 1 aromatic carbocycles. The van der Waals surface area contributed by atoms with Crippen molar-refractivity contribution >= 4 is 5.82 Å². The van der Waals surface area contributed by atoms with Crippen molar-refractivity contribution in [3.05, 3.63) is 59.3 Å². The average Bonchev–Trinajstić information content (AvgIpc) is 2.62. The highest BCUT2D eigenvalue weighted by Gasteiger charge is 2.21. The quantitative estimate of drug-likeness (QED) is 0.920. The van der Waals surface area contributed by atoms with Crippen LogP contribution >= 0.6 is 0 Å². The zero-order valence-electron chi connectivity index (χ0n) is 13.7. The normalized spacial score (nSPS) is 22.0. The lowest BCUT2D eigenvalue weighted by Gasteiger charge is -2.33. The van der Waals surface area contributed by atoms with Crippen LogP contribution in [0.25, 0.3) is 0 Å². The molecule has 1 atom stereocenters. The predicted octanol–water partition coefficient (Wildman–Crippen LogP) is 2.07. The zero-order valence-corrected chi connectivity index (χ0v) is 13.7. The van der Waals surface area contributed by atoms with Gasteiger partial charge in [-0.2, -0.15) is 0 Å². The number of pyridine rings is 1.